The van der Waals surface area contributed by atoms with Crippen LogP contribution in [0.4, 0.5) is 0 Å². The number of nitrogens with one attached hydrogen (secondary N) is 1. The Balaban J connectivity index is 3.70. The number of hydrogen-bond donors (Lipinski definition) is 2. The van der Waals surface area contributed by atoms with Crippen LogP contribution in [0.1, 0.15) is 27.2 Å². The van der Waals surface area contributed by atoms with Crippen LogP contribution in [0.5, 0.6) is 0 Å². The molecule has 0 aliphatic rings. The molecule has 1 atom stereocenters. The molecule has 0 aliphatic carbocycles. The van der Waals surface area contributed by atoms with Crippen molar-refractivity contribution < 1.29 is 9.90 Å². The van der Waals surface area contributed by atoms with Crippen molar-refractivity contribution in [3.8, 4) is 6.07 Å². The van der Waals surface area contributed by atoms with Gasteiger partial charge in [0.1, 0.15) is 6.04 Å². The summed E-state index contributed by atoms with van der Waals surface area (Å²) in [5.74, 6) is -0.866. The third-order valence-corrected chi connectivity index (χ3v) is 1.87. The Kier molecular flexibility index (Phi) is 4.43. The lowest BCUT2D eigenvalue weighted by molar-refractivity contribution is -0.139. The van der Waals surface area contributed by atoms with E-state index in [9.17, 15) is 4.79 Å². The number of carboxylic acids is 1. The minimum Gasteiger partial charge on any atom is -0.480 e. The van der Waals surface area contributed by atoms with Crippen molar-refractivity contribution in [1.29, 1.82) is 5.26 Å². The molecule has 0 aliphatic heterocycles. The quantitative estimate of drug-likeness (QED) is 0.668. The molecule has 0 saturated carbocycles. The molecule has 0 spiro atoms. The fourth-order valence-electron chi connectivity index (χ4n) is 0.744. The number of nitrogens with zero attached hydrogens (tertiary/aromatic N) is 1. The zero-order valence-corrected chi connectivity index (χ0v) is 8.29. The van der Waals surface area contributed by atoms with Gasteiger partial charge < -0.3 is 10.4 Å². The molecule has 13 heavy (non-hydrogen) atoms. The smallest absolute Gasteiger partial charge is 0.320 e. The van der Waals surface area contributed by atoms with Crippen LogP contribution in [-0.2, 0) is 4.79 Å². The summed E-state index contributed by atoms with van der Waals surface area (Å²) in [5.41, 5.74) is -0.384. The predicted octanol–water partition coefficient (Wildman–Crippen LogP) is 0.989. The van der Waals surface area contributed by atoms with Gasteiger partial charge in [-0.2, -0.15) is 5.26 Å². The lowest BCUT2D eigenvalue weighted by Crippen LogP contribution is -2.35. The Morgan fingerprint density at radius 3 is 2.62 bits per heavy atom. The largest absolute Gasteiger partial charge is 0.480 e. The van der Waals surface area contributed by atoms with Gasteiger partial charge in [-0.05, 0) is 33.7 Å². The van der Waals surface area contributed by atoms with Crippen LogP contribution >= 0.6 is 0 Å². The van der Waals surface area contributed by atoms with Crippen molar-refractivity contribution >= 4 is 5.97 Å². The summed E-state index contributed by atoms with van der Waals surface area (Å²) < 4.78 is 0. The number of rotatable bonds is 5. The summed E-state index contributed by atoms with van der Waals surface area (Å²) in [6.45, 7) is 5.80. The van der Waals surface area contributed by atoms with Gasteiger partial charge in [-0.3, -0.25) is 4.79 Å². The fourth-order valence-corrected chi connectivity index (χ4v) is 0.744. The summed E-state index contributed by atoms with van der Waals surface area (Å²) >= 11 is 0. The van der Waals surface area contributed by atoms with E-state index in [0.29, 0.717) is 13.0 Å². The summed E-state index contributed by atoms with van der Waals surface area (Å²) in [6.07, 6.45) is 0.654. The van der Waals surface area contributed by atoms with Gasteiger partial charge in [0.2, 0.25) is 0 Å². The van der Waals surface area contributed by atoms with Crippen molar-refractivity contribution in [1.82, 2.24) is 5.32 Å². The number of nitriles is 1. The summed E-state index contributed by atoms with van der Waals surface area (Å²) in [7, 11) is 0. The highest BCUT2D eigenvalue weighted by Crippen LogP contribution is 2.17. The highest BCUT2D eigenvalue weighted by Gasteiger charge is 2.17. The third-order valence-electron chi connectivity index (χ3n) is 1.87. The molecule has 74 valence electrons. The van der Waals surface area contributed by atoms with Gasteiger partial charge in [-0.15, -0.1) is 0 Å². The van der Waals surface area contributed by atoms with Gasteiger partial charge in [0.05, 0.1) is 11.5 Å². The highest BCUT2D eigenvalue weighted by molar-refractivity contribution is 5.72. The SMILES string of the molecule is C[C@@H](NCCC(C)(C)C#N)C(=O)O. The number of carbonyl (C=O) groups is 1. The van der Waals surface area contributed by atoms with Crippen molar-refractivity contribution in [3.63, 3.8) is 0 Å². The molecule has 0 radical (unpaired) electrons. The van der Waals surface area contributed by atoms with Crippen LogP contribution in [-0.4, -0.2) is 23.7 Å². The van der Waals surface area contributed by atoms with Crippen LogP contribution in [0.2, 0.25) is 0 Å². The molecule has 0 bridgehead atoms. The highest BCUT2D eigenvalue weighted by atomic mass is 16.4. The minimum absolute atomic E-state index is 0.384. The molecule has 0 aromatic rings. The standard InChI is InChI=1S/C9H16N2O2/c1-7(8(12)13)11-5-4-9(2,3)6-10/h7,11H,4-5H2,1-3H3,(H,12,13)/t7-/m1/s1. The minimum atomic E-state index is -0.866. The van der Waals surface area contributed by atoms with Crippen molar-refractivity contribution in [3.05, 3.63) is 0 Å². The van der Waals surface area contributed by atoms with E-state index >= 15 is 0 Å². The second kappa shape index (κ2) is 4.83. The number of carboxylic acid groups (broad SMARTS) is 1. The maximum absolute atomic E-state index is 10.4. The third kappa shape index (κ3) is 5.21. The maximum atomic E-state index is 10.4. The van der Waals surface area contributed by atoms with Crippen LogP contribution in [0.3, 0.4) is 0 Å². The first-order valence-corrected chi connectivity index (χ1v) is 4.26. The monoisotopic (exact) mass is 184 g/mol. The summed E-state index contributed by atoms with van der Waals surface area (Å²) in [6, 6.07) is 1.61. The van der Waals surface area contributed by atoms with Crippen molar-refractivity contribution in [2.75, 3.05) is 6.54 Å². The molecule has 4 heteroatoms. The lowest BCUT2D eigenvalue weighted by atomic mass is 9.91. The molecule has 2 N–H and O–H groups in total. The first-order chi connectivity index (χ1) is 5.89. The number of aliphatic carboxylic acids is 1. The molecular formula is C9H16N2O2. The van der Waals surface area contributed by atoms with Crippen molar-refractivity contribution in [2.24, 2.45) is 5.41 Å². The van der Waals surface area contributed by atoms with E-state index in [1.54, 1.807) is 6.92 Å². The fraction of sp³-hybridized carbons (Fsp3) is 0.778. The van der Waals surface area contributed by atoms with Crippen LogP contribution in [0.25, 0.3) is 0 Å². The molecule has 0 amide bonds. The van der Waals surface area contributed by atoms with E-state index in [-0.39, 0.29) is 5.41 Å². The predicted molar refractivity (Wildman–Crippen MR) is 49.1 cm³/mol. The Morgan fingerprint density at radius 1 is 1.69 bits per heavy atom. The topological polar surface area (TPSA) is 73.1 Å². The summed E-state index contributed by atoms with van der Waals surface area (Å²) in [5, 5.41) is 20.0. The molecule has 4 nitrogen and oxygen atoms in total. The van der Waals surface area contributed by atoms with E-state index in [1.807, 2.05) is 13.8 Å². The van der Waals surface area contributed by atoms with E-state index < -0.39 is 12.0 Å². The molecular weight excluding hydrogens is 168 g/mol. The average molecular weight is 184 g/mol. The Hall–Kier alpha value is -1.08. The number of hydrogen-bond acceptors (Lipinski definition) is 3. The maximum Gasteiger partial charge on any atom is 0.320 e. The Bertz CT molecular complexity index is 218. The van der Waals surface area contributed by atoms with E-state index in [0.717, 1.165) is 0 Å². The molecule has 0 rings (SSSR count). The molecule has 0 aromatic heterocycles. The second-order valence-electron chi connectivity index (χ2n) is 3.76. The van der Waals surface area contributed by atoms with Crippen LogP contribution in [0, 0.1) is 16.7 Å². The van der Waals surface area contributed by atoms with Gasteiger partial charge in [-0.25, -0.2) is 0 Å². The van der Waals surface area contributed by atoms with Gasteiger partial charge in [0, 0.05) is 0 Å². The first kappa shape index (κ1) is 11.9. The van der Waals surface area contributed by atoms with Gasteiger partial charge in [0.15, 0.2) is 0 Å². The molecule has 0 unspecified atom stereocenters. The molecule has 0 aromatic carbocycles. The van der Waals surface area contributed by atoms with Crippen molar-refractivity contribution in [2.45, 2.75) is 33.2 Å². The summed E-state index contributed by atoms with van der Waals surface area (Å²) in [4.78, 5) is 10.4. The van der Waals surface area contributed by atoms with Gasteiger partial charge in [-0.1, -0.05) is 0 Å². The Labute approximate surface area is 78.6 Å². The van der Waals surface area contributed by atoms with Gasteiger partial charge in [0.25, 0.3) is 0 Å². The second-order valence-corrected chi connectivity index (χ2v) is 3.76. The molecule has 0 fully saturated rings. The van der Waals surface area contributed by atoms with Gasteiger partial charge >= 0.3 is 5.97 Å². The zero-order chi connectivity index (χ0) is 10.5. The normalized spacial score (nSPS) is 13.4. The Morgan fingerprint density at radius 2 is 2.23 bits per heavy atom. The molecule has 0 heterocycles. The van der Waals surface area contributed by atoms with E-state index in [4.69, 9.17) is 10.4 Å². The average Bonchev–Trinajstić information content (AvgIpc) is 2.04. The van der Waals surface area contributed by atoms with E-state index in [1.165, 1.54) is 0 Å². The van der Waals surface area contributed by atoms with E-state index in [2.05, 4.69) is 11.4 Å². The lowest BCUT2D eigenvalue weighted by Gasteiger charge is -2.16. The van der Waals surface area contributed by atoms with Crippen LogP contribution < -0.4 is 5.32 Å². The first-order valence-electron chi connectivity index (χ1n) is 4.26. The van der Waals surface area contributed by atoms with Crippen LogP contribution in [0.15, 0.2) is 0 Å². The molecule has 0 saturated heterocycles. The zero-order valence-electron chi connectivity index (χ0n) is 8.29.